The fourth-order valence-electron chi connectivity index (χ4n) is 3.78. The van der Waals surface area contributed by atoms with Gasteiger partial charge in [0.1, 0.15) is 0 Å². The first kappa shape index (κ1) is 14.5. The van der Waals surface area contributed by atoms with E-state index in [1.807, 2.05) is 19.4 Å². The second kappa shape index (κ2) is 5.89. The van der Waals surface area contributed by atoms with Gasteiger partial charge in [-0.25, -0.2) is 0 Å². The highest BCUT2D eigenvalue weighted by Gasteiger charge is 2.41. The Morgan fingerprint density at radius 3 is 2.41 bits per heavy atom. The number of allylic oxidation sites excluding steroid dienone is 4. The normalized spacial score (nSPS) is 27.6. The van der Waals surface area contributed by atoms with Crippen molar-refractivity contribution in [2.24, 2.45) is 11.3 Å². The standard InChI is InChI=1S/C15H24.C2H6/c1-5-15(11(2)3)10-9-13-12(4)7-6-8-14(13)15;1-2/h7,11H,5-6,8-10H2,1-4H3;1-2H3. The topological polar surface area (TPSA) is 0 Å². The van der Waals surface area contributed by atoms with Crippen LogP contribution in [-0.4, -0.2) is 0 Å². The Morgan fingerprint density at radius 2 is 1.88 bits per heavy atom. The van der Waals surface area contributed by atoms with Gasteiger partial charge >= 0.3 is 0 Å². The van der Waals surface area contributed by atoms with Gasteiger partial charge in [0.2, 0.25) is 0 Å². The first-order chi connectivity index (χ1) is 8.12. The molecular formula is C17H30. The van der Waals surface area contributed by atoms with Crippen molar-refractivity contribution in [3.05, 3.63) is 22.8 Å². The van der Waals surface area contributed by atoms with Crippen LogP contribution in [0.2, 0.25) is 0 Å². The minimum Gasteiger partial charge on any atom is -0.0810 e. The Balaban J connectivity index is 0.000000686. The SMILES string of the molecule is CC.CCC1(C(C)C)CCC2=C1CCC=C2C. The maximum Gasteiger partial charge on any atom is -0.00585 e. The van der Waals surface area contributed by atoms with Gasteiger partial charge in [0.25, 0.3) is 0 Å². The minimum atomic E-state index is 0.546. The molecule has 0 N–H and O–H groups in total. The molecule has 0 saturated carbocycles. The fraction of sp³-hybridized carbons (Fsp3) is 0.765. The third kappa shape index (κ3) is 2.37. The molecule has 0 spiro atoms. The summed E-state index contributed by atoms with van der Waals surface area (Å²) in [4.78, 5) is 0. The Hall–Kier alpha value is -0.520. The maximum atomic E-state index is 2.44. The molecule has 0 fully saturated rings. The second-order valence-electron chi connectivity index (χ2n) is 5.55. The molecule has 0 heterocycles. The van der Waals surface area contributed by atoms with Gasteiger partial charge < -0.3 is 0 Å². The van der Waals surface area contributed by atoms with E-state index in [4.69, 9.17) is 0 Å². The predicted molar refractivity (Wildman–Crippen MR) is 78.2 cm³/mol. The van der Waals surface area contributed by atoms with Crippen LogP contribution in [0.1, 0.15) is 73.6 Å². The van der Waals surface area contributed by atoms with Gasteiger partial charge in [-0.15, -0.1) is 0 Å². The van der Waals surface area contributed by atoms with Crippen molar-refractivity contribution in [2.75, 3.05) is 0 Å². The van der Waals surface area contributed by atoms with Crippen LogP contribution < -0.4 is 0 Å². The van der Waals surface area contributed by atoms with Crippen molar-refractivity contribution in [3.63, 3.8) is 0 Å². The molecular weight excluding hydrogens is 204 g/mol. The van der Waals surface area contributed by atoms with Crippen LogP contribution in [-0.2, 0) is 0 Å². The van der Waals surface area contributed by atoms with Crippen molar-refractivity contribution in [2.45, 2.75) is 73.6 Å². The summed E-state index contributed by atoms with van der Waals surface area (Å²) in [6.07, 6.45) is 9.11. The Kier molecular flexibility index (Phi) is 5.04. The van der Waals surface area contributed by atoms with Crippen molar-refractivity contribution in [1.29, 1.82) is 0 Å². The van der Waals surface area contributed by atoms with Gasteiger partial charge in [0.05, 0.1) is 0 Å². The Morgan fingerprint density at radius 1 is 1.24 bits per heavy atom. The predicted octanol–water partition coefficient (Wildman–Crippen LogP) is 5.90. The van der Waals surface area contributed by atoms with E-state index < -0.39 is 0 Å². The lowest BCUT2D eigenvalue weighted by molar-refractivity contribution is 0.227. The summed E-state index contributed by atoms with van der Waals surface area (Å²) in [7, 11) is 0. The number of hydrogen-bond donors (Lipinski definition) is 0. The molecule has 17 heavy (non-hydrogen) atoms. The third-order valence-corrected chi connectivity index (χ3v) is 4.84. The van der Waals surface area contributed by atoms with Gasteiger partial charge in [-0.2, -0.15) is 0 Å². The minimum absolute atomic E-state index is 0.546. The summed E-state index contributed by atoms with van der Waals surface area (Å²) in [5.41, 5.74) is 5.66. The van der Waals surface area contributed by atoms with Crippen LogP contribution in [0.15, 0.2) is 22.8 Å². The molecule has 1 unspecified atom stereocenters. The van der Waals surface area contributed by atoms with E-state index in [9.17, 15) is 0 Å². The monoisotopic (exact) mass is 234 g/mol. The highest BCUT2D eigenvalue weighted by Crippen LogP contribution is 2.54. The second-order valence-corrected chi connectivity index (χ2v) is 5.55. The average molecular weight is 234 g/mol. The molecule has 0 bridgehead atoms. The first-order valence-electron chi connectivity index (χ1n) is 7.51. The van der Waals surface area contributed by atoms with E-state index in [0.29, 0.717) is 5.41 Å². The molecule has 98 valence electrons. The maximum absolute atomic E-state index is 2.44. The Bertz CT molecular complexity index is 317. The Labute approximate surface area is 108 Å². The average Bonchev–Trinajstić information content (AvgIpc) is 2.73. The molecule has 0 saturated heterocycles. The molecule has 0 aliphatic heterocycles. The molecule has 0 nitrogen and oxygen atoms in total. The van der Waals surface area contributed by atoms with Gasteiger partial charge in [-0.05, 0) is 55.9 Å². The number of rotatable bonds is 2. The van der Waals surface area contributed by atoms with Gasteiger partial charge in [0, 0.05) is 0 Å². The van der Waals surface area contributed by atoms with Crippen LogP contribution in [0.5, 0.6) is 0 Å². The van der Waals surface area contributed by atoms with Crippen LogP contribution in [0.25, 0.3) is 0 Å². The summed E-state index contributed by atoms with van der Waals surface area (Å²) in [6, 6.07) is 0. The molecule has 0 radical (unpaired) electrons. The van der Waals surface area contributed by atoms with E-state index in [1.165, 1.54) is 32.1 Å². The summed E-state index contributed by atoms with van der Waals surface area (Å²) in [5, 5.41) is 0. The molecule has 2 aliphatic rings. The highest BCUT2D eigenvalue weighted by molar-refractivity contribution is 5.44. The van der Waals surface area contributed by atoms with Gasteiger partial charge in [-0.1, -0.05) is 51.8 Å². The number of hydrogen-bond acceptors (Lipinski definition) is 0. The summed E-state index contributed by atoms with van der Waals surface area (Å²) in [5.74, 6) is 0.806. The summed E-state index contributed by atoms with van der Waals surface area (Å²) >= 11 is 0. The van der Waals surface area contributed by atoms with Crippen LogP contribution in [0.3, 0.4) is 0 Å². The molecule has 0 amide bonds. The van der Waals surface area contributed by atoms with E-state index in [0.717, 1.165) is 5.92 Å². The zero-order valence-electron chi connectivity index (χ0n) is 12.7. The molecule has 2 aliphatic carbocycles. The van der Waals surface area contributed by atoms with E-state index in [-0.39, 0.29) is 0 Å². The molecule has 0 aromatic carbocycles. The molecule has 2 rings (SSSR count). The lowest BCUT2D eigenvalue weighted by Crippen LogP contribution is -2.26. The molecule has 1 atom stereocenters. The highest BCUT2D eigenvalue weighted by atomic mass is 14.5. The first-order valence-corrected chi connectivity index (χ1v) is 7.51. The van der Waals surface area contributed by atoms with Crippen molar-refractivity contribution in [3.8, 4) is 0 Å². The molecule has 0 heteroatoms. The van der Waals surface area contributed by atoms with E-state index >= 15 is 0 Å². The molecule has 0 aromatic rings. The smallest absolute Gasteiger partial charge is 0.00585 e. The van der Waals surface area contributed by atoms with Crippen LogP contribution >= 0.6 is 0 Å². The van der Waals surface area contributed by atoms with Crippen LogP contribution in [0.4, 0.5) is 0 Å². The molecule has 0 aromatic heterocycles. The lowest BCUT2D eigenvalue weighted by Gasteiger charge is -2.37. The zero-order chi connectivity index (χ0) is 13.1. The quantitative estimate of drug-likeness (QED) is 0.558. The van der Waals surface area contributed by atoms with Crippen molar-refractivity contribution >= 4 is 0 Å². The van der Waals surface area contributed by atoms with Crippen LogP contribution in [0, 0.1) is 11.3 Å². The summed E-state index contributed by atoms with van der Waals surface area (Å²) in [6.45, 7) is 13.5. The van der Waals surface area contributed by atoms with E-state index in [1.54, 1.807) is 11.1 Å². The van der Waals surface area contributed by atoms with Gasteiger partial charge in [-0.3, -0.25) is 0 Å². The van der Waals surface area contributed by atoms with Gasteiger partial charge in [0.15, 0.2) is 0 Å². The van der Waals surface area contributed by atoms with Crippen molar-refractivity contribution < 1.29 is 0 Å². The van der Waals surface area contributed by atoms with Crippen molar-refractivity contribution in [1.82, 2.24) is 0 Å². The lowest BCUT2D eigenvalue weighted by atomic mass is 9.68. The van der Waals surface area contributed by atoms with E-state index in [2.05, 4.69) is 33.8 Å². The largest absolute Gasteiger partial charge is 0.0810 e. The summed E-state index contributed by atoms with van der Waals surface area (Å²) < 4.78 is 0. The fourth-order valence-corrected chi connectivity index (χ4v) is 3.78. The third-order valence-electron chi connectivity index (χ3n) is 4.84. The zero-order valence-corrected chi connectivity index (χ0v) is 12.7.